The maximum atomic E-state index is 14.6. The van der Waals surface area contributed by atoms with Crippen LogP contribution in [0.25, 0.3) is 33.3 Å². The molecule has 6 bridgehead atoms. The van der Waals surface area contributed by atoms with Gasteiger partial charge in [-0.25, -0.2) is 5.43 Å². The Morgan fingerprint density at radius 1 is 1.08 bits per heavy atom. The smallest absolute Gasteiger partial charge is 0.324 e. The number of cyclic esters (lactones) is 1. The molecular formula is C48H63N7O7. The van der Waals surface area contributed by atoms with Gasteiger partial charge in [-0.3, -0.25) is 34.1 Å². The Labute approximate surface area is 364 Å². The zero-order chi connectivity index (χ0) is 44.5. The number of fused-ring (bicyclic) bond motifs is 6. The van der Waals surface area contributed by atoms with Crippen LogP contribution in [0, 0.1) is 11.3 Å². The summed E-state index contributed by atoms with van der Waals surface area (Å²) in [6, 6.07) is 10.5. The van der Waals surface area contributed by atoms with E-state index in [4.69, 9.17) is 9.47 Å². The van der Waals surface area contributed by atoms with Gasteiger partial charge >= 0.3 is 5.97 Å². The first-order chi connectivity index (χ1) is 29.6. The molecule has 0 unspecified atom stereocenters. The number of likely N-dealkylation sites (tertiary alicyclic amines) is 1. The largest absolute Gasteiger partial charge is 0.508 e. The lowest BCUT2D eigenvalue weighted by Gasteiger charge is -2.37. The number of ether oxygens (including phenoxy) is 2. The van der Waals surface area contributed by atoms with Gasteiger partial charge in [0, 0.05) is 67.9 Å². The van der Waals surface area contributed by atoms with E-state index in [9.17, 15) is 24.3 Å². The molecule has 5 heterocycles. The van der Waals surface area contributed by atoms with Crippen molar-refractivity contribution in [3.05, 3.63) is 71.5 Å². The number of aromatic hydroxyl groups is 1. The quantitative estimate of drug-likeness (QED) is 0.185. The molecule has 0 spiro atoms. The highest BCUT2D eigenvalue weighted by atomic mass is 16.5. The number of amides is 3. The van der Waals surface area contributed by atoms with Crippen LogP contribution in [0.3, 0.4) is 0 Å². The number of likely N-dealkylation sites (N-methyl/N-ethyl adjacent to an activating group) is 2. The first kappa shape index (κ1) is 44.7. The third kappa shape index (κ3) is 9.23. The molecule has 62 heavy (non-hydrogen) atoms. The molecule has 4 atom stereocenters. The lowest BCUT2D eigenvalue weighted by Crippen LogP contribution is -2.62. The fourth-order valence-corrected chi connectivity index (χ4v) is 9.71. The van der Waals surface area contributed by atoms with Gasteiger partial charge in [0.15, 0.2) is 0 Å². The molecule has 0 saturated carbocycles. The van der Waals surface area contributed by atoms with E-state index in [2.05, 4.69) is 53.2 Å². The van der Waals surface area contributed by atoms with Crippen LogP contribution in [-0.2, 0) is 54.6 Å². The van der Waals surface area contributed by atoms with Gasteiger partial charge in [-0.05, 0) is 117 Å². The Hall–Kier alpha value is -5.31. The lowest BCUT2D eigenvalue weighted by atomic mass is 9.84. The monoisotopic (exact) mass is 849 g/mol. The van der Waals surface area contributed by atoms with Crippen LogP contribution in [0.4, 0.5) is 0 Å². The molecule has 3 aliphatic rings. The number of pyridine rings is 1. The summed E-state index contributed by atoms with van der Waals surface area (Å²) in [4.78, 5) is 64.8. The molecule has 2 aromatic heterocycles. The van der Waals surface area contributed by atoms with Crippen LogP contribution in [0.1, 0.15) is 77.0 Å². The number of phenols is 1. The van der Waals surface area contributed by atoms with Gasteiger partial charge < -0.3 is 29.4 Å². The number of aromatic nitrogens is 2. The van der Waals surface area contributed by atoms with Crippen LogP contribution in [0.15, 0.2) is 54.9 Å². The number of carbonyl (C=O) groups is 4. The Morgan fingerprint density at radius 3 is 2.56 bits per heavy atom. The number of phenolic OH excluding ortho intramolecular Hbond substituents is 1. The summed E-state index contributed by atoms with van der Waals surface area (Å²) in [6.07, 6.45) is 6.88. The number of hydrazine groups is 1. The molecule has 2 aromatic carbocycles. The number of hydrogen-bond acceptors (Lipinski definition) is 10. The maximum absolute atomic E-state index is 14.6. The van der Waals surface area contributed by atoms with Crippen molar-refractivity contribution in [1.29, 1.82) is 0 Å². The molecule has 3 aliphatic heterocycles. The summed E-state index contributed by atoms with van der Waals surface area (Å²) in [7, 11) is 5.26. The van der Waals surface area contributed by atoms with E-state index in [0.717, 1.165) is 57.4 Å². The molecule has 332 valence electrons. The number of esters is 1. The van der Waals surface area contributed by atoms with Gasteiger partial charge in [0.05, 0.1) is 24.9 Å². The summed E-state index contributed by atoms with van der Waals surface area (Å²) in [5.74, 6) is -1.73. The van der Waals surface area contributed by atoms with Crippen molar-refractivity contribution in [2.75, 3.05) is 40.9 Å². The number of nitrogens with one attached hydrogen (secondary N) is 2. The molecule has 3 amide bonds. The van der Waals surface area contributed by atoms with E-state index in [0.29, 0.717) is 50.9 Å². The average molecular weight is 850 g/mol. The van der Waals surface area contributed by atoms with Gasteiger partial charge in [-0.1, -0.05) is 39.8 Å². The van der Waals surface area contributed by atoms with E-state index in [-0.39, 0.29) is 36.6 Å². The average Bonchev–Trinajstić information content (AvgIpc) is 3.81. The standard InChI is InChI=1S/C48H63N7O7/c1-9-54-40-15-14-31-24-35(40)36(43(54)37-26-49-17-16-32(37)27-61-8)25-48(4,5)28-62-47(60)38-12-10-19-55(51-38)45(58)39(22-30-20-33(31)23-34(56)21-30)50-44(57)42(29(2)3)53(7)46(59)41-13-11-18-52(41)6/h14-17,20-21,23-24,26,29,38-39,41-42,51,56H,9-13,18-19,22,25,27-28H2,1-8H3,(H,50,57)/t38-,39-,41+,42-/m0/s1. The molecule has 0 radical (unpaired) electrons. The molecule has 7 rings (SSSR count). The summed E-state index contributed by atoms with van der Waals surface area (Å²) in [6.45, 7) is 12.4. The van der Waals surface area contributed by atoms with Crippen molar-refractivity contribution in [3.8, 4) is 28.1 Å². The normalized spacial score (nSPS) is 21.4. The van der Waals surface area contributed by atoms with Gasteiger partial charge in [0.1, 0.15) is 23.9 Å². The molecule has 3 N–H and O–H groups in total. The van der Waals surface area contributed by atoms with Crippen molar-refractivity contribution in [1.82, 2.24) is 35.1 Å². The minimum atomic E-state index is -1.10. The van der Waals surface area contributed by atoms with Crippen LogP contribution in [0.2, 0.25) is 0 Å². The lowest BCUT2D eigenvalue weighted by molar-refractivity contribution is -0.155. The second-order valence-electron chi connectivity index (χ2n) is 18.5. The zero-order valence-corrected chi connectivity index (χ0v) is 37.5. The Kier molecular flexibility index (Phi) is 13.4. The van der Waals surface area contributed by atoms with Crippen LogP contribution < -0.4 is 10.7 Å². The maximum Gasteiger partial charge on any atom is 0.324 e. The summed E-state index contributed by atoms with van der Waals surface area (Å²) >= 11 is 0. The van der Waals surface area contributed by atoms with Gasteiger partial charge in [-0.2, -0.15) is 0 Å². The molecule has 0 aliphatic carbocycles. The van der Waals surface area contributed by atoms with Crippen LogP contribution in [-0.4, -0.2) is 118 Å². The van der Waals surface area contributed by atoms with Crippen LogP contribution >= 0.6 is 0 Å². The minimum Gasteiger partial charge on any atom is -0.508 e. The fourth-order valence-electron chi connectivity index (χ4n) is 9.71. The van der Waals surface area contributed by atoms with E-state index < -0.39 is 41.3 Å². The van der Waals surface area contributed by atoms with Crippen LogP contribution in [0.5, 0.6) is 5.75 Å². The van der Waals surface area contributed by atoms with Crippen molar-refractivity contribution in [2.24, 2.45) is 11.3 Å². The van der Waals surface area contributed by atoms with E-state index in [1.165, 1.54) is 9.91 Å². The van der Waals surface area contributed by atoms with E-state index in [1.807, 2.05) is 50.2 Å². The second kappa shape index (κ2) is 18.6. The molecule has 4 aromatic rings. The fraction of sp³-hybridized carbons (Fsp3) is 0.521. The van der Waals surface area contributed by atoms with Crippen molar-refractivity contribution >= 4 is 34.6 Å². The SMILES string of the molecule is CCn1c(-c2cnccc2COC)c2c3cc(ccc31)-c1cc(O)cc(c1)C[C@H](NC(=O)[C@H](C(C)C)N(C)C(=O)[C@H]1CCCN1C)C(=O)N1CCC[C@H](N1)C(=O)OCC(C)(C)C2. The first-order valence-corrected chi connectivity index (χ1v) is 22.0. The van der Waals surface area contributed by atoms with Crippen molar-refractivity contribution in [3.63, 3.8) is 0 Å². The minimum absolute atomic E-state index is 0.0160. The zero-order valence-electron chi connectivity index (χ0n) is 37.5. The summed E-state index contributed by atoms with van der Waals surface area (Å²) in [5, 5.41) is 16.7. The molecule has 2 fully saturated rings. The second-order valence-corrected chi connectivity index (χ2v) is 18.5. The van der Waals surface area contributed by atoms with E-state index in [1.54, 1.807) is 32.5 Å². The third-order valence-electron chi connectivity index (χ3n) is 12.8. The predicted octanol–water partition coefficient (Wildman–Crippen LogP) is 5.47. The van der Waals surface area contributed by atoms with Gasteiger partial charge in [-0.15, -0.1) is 0 Å². The number of carbonyl (C=O) groups excluding carboxylic acids is 4. The number of methoxy groups -OCH3 is 1. The number of hydrogen-bond donors (Lipinski definition) is 3. The molecular weight excluding hydrogens is 787 g/mol. The third-order valence-corrected chi connectivity index (χ3v) is 12.8. The first-order valence-electron chi connectivity index (χ1n) is 22.0. The Balaban J connectivity index is 1.33. The highest BCUT2D eigenvalue weighted by Gasteiger charge is 2.40. The predicted molar refractivity (Wildman–Crippen MR) is 238 cm³/mol. The molecule has 14 nitrogen and oxygen atoms in total. The number of rotatable bonds is 9. The summed E-state index contributed by atoms with van der Waals surface area (Å²) in [5.41, 5.74) is 9.93. The van der Waals surface area contributed by atoms with Gasteiger partial charge in [0.25, 0.3) is 5.91 Å². The number of aryl methyl sites for hydroxylation is 1. The number of benzene rings is 2. The highest BCUT2D eigenvalue weighted by Crippen LogP contribution is 2.41. The Morgan fingerprint density at radius 2 is 1.85 bits per heavy atom. The highest BCUT2D eigenvalue weighted by molar-refractivity contribution is 5.96. The van der Waals surface area contributed by atoms with Crippen molar-refractivity contribution in [2.45, 2.75) is 110 Å². The number of nitrogens with zero attached hydrogens (tertiary/aromatic N) is 5. The van der Waals surface area contributed by atoms with E-state index >= 15 is 0 Å². The topological polar surface area (TPSA) is 159 Å². The summed E-state index contributed by atoms with van der Waals surface area (Å²) < 4.78 is 14.0. The van der Waals surface area contributed by atoms with Crippen molar-refractivity contribution < 1.29 is 33.8 Å². The Bertz CT molecular complexity index is 2320. The molecule has 2 saturated heterocycles. The van der Waals surface area contributed by atoms with Gasteiger partial charge in [0.2, 0.25) is 11.8 Å². The molecule has 14 heteroatoms.